The van der Waals surface area contributed by atoms with E-state index in [1.165, 1.54) is 0 Å². The predicted molar refractivity (Wildman–Crippen MR) is 94.2 cm³/mol. The van der Waals surface area contributed by atoms with Crippen molar-refractivity contribution in [2.45, 2.75) is 23.2 Å². The van der Waals surface area contributed by atoms with Crippen molar-refractivity contribution >= 4 is 45.2 Å². The van der Waals surface area contributed by atoms with E-state index in [1.54, 1.807) is 6.07 Å². The molecule has 1 saturated carbocycles. The molecular weight excluding hydrogens is 452 g/mol. The summed E-state index contributed by atoms with van der Waals surface area (Å²) in [7, 11) is -10.0. The van der Waals surface area contributed by atoms with Crippen LogP contribution in [0.2, 0.25) is 10.0 Å². The quantitative estimate of drug-likeness (QED) is 0.636. The van der Waals surface area contributed by atoms with Gasteiger partial charge in [0.15, 0.2) is 5.69 Å². The van der Waals surface area contributed by atoms with Crippen LogP contribution in [0.4, 0.5) is 25.2 Å². The van der Waals surface area contributed by atoms with Gasteiger partial charge in [0.25, 0.3) is 0 Å². The zero-order chi connectivity index (χ0) is 21.3. The van der Waals surface area contributed by atoms with Crippen molar-refractivity contribution in [3.8, 4) is 11.8 Å². The lowest BCUT2D eigenvalue weighted by atomic mass is 9.95. The number of benzene rings is 1. The number of hydrogen-bond acceptors (Lipinski definition) is 4. The number of carbonyl (C=O) groups is 1. The lowest BCUT2D eigenvalue weighted by Gasteiger charge is -2.40. The number of nitriles is 1. The molecule has 0 spiro atoms. The number of carbonyl (C=O) groups excluding carboxylic acids is 1. The van der Waals surface area contributed by atoms with Gasteiger partial charge in [-0.2, -0.15) is 10.4 Å². The standard InChI is InChI=1S/C14H10Cl2F5N5OS/c15-7-3-6(28(17,18,19,20)21)4-8(16)11(7)26-12(23)10(9(5-22)25-26)14(1-2-14)13(24)27/h3-4H,1-2,23H2,(H2,24,27). The average molecular weight is 462 g/mol. The highest BCUT2D eigenvalue weighted by molar-refractivity contribution is 8.45. The first-order valence-electron chi connectivity index (χ1n) is 7.34. The highest BCUT2D eigenvalue weighted by Gasteiger charge is 2.65. The molecule has 1 amide bonds. The van der Waals surface area contributed by atoms with Crippen LogP contribution in [0.5, 0.6) is 0 Å². The molecule has 4 N–H and O–H groups in total. The Labute approximate surface area is 164 Å². The van der Waals surface area contributed by atoms with Crippen molar-refractivity contribution in [3.63, 3.8) is 0 Å². The Morgan fingerprint density at radius 1 is 1.21 bits per heavy atom. The van der Waals surface area contributed by atoms with E-state index in [0.29, 0.717) is 0 Å². The summed E-state index contributed by atoms with van der Waals surface area (Å²) in [5, 5.41) is 11.5. The van der Waals surface area contributed by atoms with Gasteiger partial charge in [-0.25, -0.2) is 4.68 Å². The Hall–Kier alpha value is -2.23. The van der Waals surface area contributed by atoms with Crippen LogP contribution in [-0.2, 0) is 10.2 Å². The minimum atomic E-state index is -10.0. The Morgan fingerprint density at radius 3 is 2.07 bits per heavy atom. The maximum Gasteiger partial charge on any atom is 0.310 e. The van der Waals surface area contributed by atoms with Gasteiger partial charge in [0.05, 0.1) is 15.5 Å². The maximum atomic E-state index is 13.0. The van der Waals surface area contributed by atoms with E-state index < -0.39 is 42.2 Å². The molecule has 2 aromatic rings. The van der Waals surface area contributed by atoms with Gasteiger partial charge >= 0.3 is 10.2 Å². The van der Waals surface area contributed by atoms with E-state index in [2.05, 4.69) is 5.10 Å². The second kappa shape index (κ2) is 5.22. The van der Waals surface area contributed by atoms with Gasteiger partial charge in [0.1, 0.15) is 22.5 Å². The molecule has 0 unspecified atom stereocenters. The highest BCUT2D eigenvalue weighted by atomic mass is 35.5. The monoisotopic (exact) mass is 461 g/mol. The summed E-state index contributed by atoms with van der Waals surface area (Å²) in [4.78, 5) is 9.48. The fourth-order valence-electron chi connectivity index (χ4n) is 2.86. The fraction of sp³-hybridized carbons (Fsp3) is 0.214. The largest absolute Gasteiger partial charge is 0.383 e. The Bertz CT molecular complexity index is 1070. The summed E-state index contributed by atoms with van der Waals surface area (Å²) in [6.07, 6.45) is 0.578. The van der Waals surface area contributed by atoms with Crippen molar-refractivity contribution < 1.29 is 24.2 Å². The third-order valence-electron chi connectivity index (χ3n) is 4.37. The normalized spacial score (nSPS) is 18.1. The third kappa shape index (κ3) is 3.13. The molecule has 0 atom stereocenters. The number of nitrogens with zero attached hydrogens (tertiary/aromatic N) is 3. The SMILES string of the molecule is N#Cc1nn(-c2c(Cl)cc(S(F)(F)(F)(F)F)cc2Cl)c(N)c1C1(C(N)=O)CC1. The Kier molecular flexibility index (Phi) is 3.82. The summed E-state index contributed by atoms with van der Waals surface area (Å²) in [6, 6.07) is 1.71. The molecule has 0 radical (unpaired) electrons. The zero-order valence-corrected chi connectivity index (χ0v) is 15.9. The smallest absolute Gasteiger partial charge is 0.310 e. The summed E-state index contributed by atoms with van der Waals surface area (Å²) in [6.45, 7) is 0. The number of nitrogen functional groups attached to an aromatic ring is 1. The summed E-state index contributed by atoms with van der Waals surface area (Å²) < 4.78 is 65.9. The molecule has 1 aliphatic carbocycles. The predicted octanol–water partition coefficient (Wildman–Crippen LogP) is 4.81. The minimum absolute atomic E-state index is 0.00184. The van der Waals surface area contributed by atoms with E-state index in [0.717, 1.165) is 4.68 Å². The molecule has 0 aliphatic heterocycles. The number of primary amides is 1. The Balaban J connectivity index is 2.26. The van der Waals surface area contributed by atoms with E-state index >= 15 is 0 Å². The lowest BCUT2D eigenvalue weighted by Crippen LogP contribution is -2.29. The van der Waals surface area contributed by atoms with Gasteiger partial charge < -0.3 is 11.5 Å². The highest BCUT2D eigenvalue weighted by Crippen LogP contribution is 3.02. The van der Waals surface area contributed by atoms with Gasteiger partial charge in [-0.3, -0.25) is 4.79 Å². The van der Waals surface area contributed by atoms with Crippen LogP contribution < -0.4 is 11.5 Å². The second-order valence-electron chi connectivity index (χ2n) is 6.28. The van der Waals surface area contributed by atoms with Crippen LogP contribution in [0.3, 0.4) is 0 Å². The summed E-state index contributed by atoms with van der Waals surface area (Å²) in [5.41, 5.74) is 9.31. The van der Waals surface area contributed by atoms with Crippen molar-refractivity contribution in [1.29, 1.82) is 5.26 Å². The molecule has 1 aromatic heterocycles. The number of aromatic nitrogens is 2. The molecule has 1 heterocycles. The van der Waals surface area contributed by atoms with Crippen LogP contribution in [0, 0.1) is 11.3 Å². The van der Waals surface area contributed by atoms with E-state index in [1.807, 2.05) is 0 Å². The van der Waals surface area contributed by atoms with Gasteiger partial charge in [-0.15, -0.1) is 0 Å². The van der Waals surface area contributed by atoms with Crippen molar-refractivity contribution in [1.82, 2.24) is 9.78 Å². The van der Waals surface area contributed by atoms with Crippen molar-refractivity contribution in [2.75, 3.05) is 5.73 Å². The number of halogens is 7. The van der Waals surface area contributed by atoms with E-state index in [-0.39, 0.29) is 42.0 Å². The first kappa shape index (κ1) is 20.5. The van der Waals surface area contributed by atoms with Gasteiger partial charge in [0, 0.05) is 5.56 Å². The zero-order valence-electron chi connectivity index (χ0n) is 13.5. The lowest BCUT2D eigenvalue weighted by molar-refractivity contribution is -0.120. The first-order valence-corrected chi connectivity index (χ1v) is 10.0. The minimum Gasteiger partial charge on any atom is -0.383 e. The number of rotatable bonds is 4. The first-order chi connectivity index (χ1) is 12.5. The second-order valence-corrected chi connectivity index (χ2v) is 9.51. The maximum absolute atomic E-state index is 13.0. The fourth-order valence-corrected chi connectivity index (χ4v) is 4.32. The Morgan fingerprint density at radius 2 is 1.71 bits per heavy atom. The molecule has 0 saturated heterocycles. The average Bonchev–Trinajstić information content (AvgIpc) is 3.25. The van der Waals surface area contributed by atoms with Crippen LogP contribution in [-0.4, -0.2) is 15.7 Å². The van der Waals surface area contributed by atoms with Gasteiger partial charge in [-0.05, 0) is 25.0 Å². The van der Waals surface area contributed by atoms with Crippen molar-refractivity contribution in [2.24, 2.45) is 5.73 Å². The molecule has 1 aromatic carbocycles. The molecule has 0 bridgehead atoms. The molecule has 3 rings (SSSR count). The number of hydrogen-bond donors (Lipinski definition) is 2. The van der Waals surface area contributed by atoms with E-state index in [4.69, 9.17) is 34.7 Å². The van der Waals surface area contributed by atoms with Crippen LogP contribution in [0.15, 0.2) is 17.0 Å². The van der Waals surface area contributed by atoms with Crippen LogP contribution in [0.25, 0.3) is 5.69 Å². The van der Waals surface area contributed by atoms with Gasteiger partial charge in [-0.1, -0.05) is 42.6 Å². The topological polar surface area (TPSA) is 111 Å². The molecule has 14 heteroatoms. The summed E-state index contributed by atoms with van der Waals surface area (Å²) >= 11 is 11.6. The number of anilines is 1. The molecule has 28 heavy (non-hydrogen) atoms. The summed E-state index contributed by atoms with van der Waals surface area (Å²) in [5.74, 6) is -1.07. The van der Waals surface area contributed by atoms with Crippen molar-refractivity contribution in [3.05, 3.63) is 33.4 Å². The molecule has 1 aliphatic rings. The number of nitrogens with two attached hydrogens (primary N) is 2. The molecule has 152 valence electrons. The van der Waals surface area contributed by atoms with Crippen LogP contribution in [0.1, 0.15) is 24.1 Å². The molecular formula is C14H10Cl2F5N5OS. The molecule has 1 fully saturated rings. The molecule has 6 nitrogen and oxygen atoms in total. The van der Waals surface area contributed by atoms with Crippen LogP contribution >= 0.6 is 33.4 Å². The number of amides is 1. The van der Waals surface area contributed by atoms with E-state index in [9.17, 15) is 29.5 Å². The van der Waals surface area contributed by atoms with Gasteiger partial charge in [0.2, 0.25) is 5.91 Å². The third-order valence-corrected chi connectivity index (χ3v) is 6.08.